The summed E-state index contributed by atoms with van der Waals surface area (Å²) in [6.45, 7) is 7.74. The lowest BCUT2D eigenvalue weighted by molar-refractivity contribution is -0.140. The van der Waals surface area contributed by atoms with Gasteiger partial charge in [-0.3, -0.25) is 9.59 Å². The van der Waals surface area contributed by atoms with E-state index in [0.717, 1.165) is 11.1 Å². The van der Waals surface area contributed by atoms with E-state index in [0.29, 0.717) is 22.4 Å². The van der Waals surface area contributed by atoms with Crippen molar-refractivity contribution in [3.63, 3.8) is 0 Å². The van der Waals surface area contributed by atoms with E-state index < -0.39 is 17.7 Å². The lowest BCUT2D eigenvalue weighted by atomic mass is 9.94. The molecule has 0 radical (unpaired) electrons. The monoisotopic (exact) mass is 473 g/mol. The molecule has 0 aromatic heterocycles. The van der Waals surface area contributed by atoms with Crippen molar-refractivity contribution >= 4 is 17.4 Å². The van der Waals surface area contributed by atoms with E-state index in [4.69, 9.17) is 4.74 Å². The topological polar surface area (TPSA) is 66.8 Å². The van der Waals surface area contributed by atoms with Crippen LogP contribution in [0.3, 0.4) is 0 Å². The van der Waals surface area contributed by atoms with Gasteiger partial charge >= 0.3 is 0 Å². The summed E-state index contributed by atoms with van der Waals surface area (Å²) in [6, 6.07) is 17.7. The van der Waals surface area contributed by atoms with E-state index in [1.165, 1.54) is 17.0 Å². The Kier molecular flexibility index (Phi) is 6.74. The summed E-state index contributed by atoms with van der Waals surface area (Å²) in [7, 11) is 0. The van der Waals surface area contributed by atoms with Crippen LogP contribution in [-0.2, 0) is 16.1 Å². The minimum absolute atomic E-state index is 0.00810. The van der Waals surface area contributed by atoms with Gasteiger partial charge in [0.15, 0.2) is 0 Å². The number of amides is 1. The van der Waals surface area contributed by atoms with Gasteiger partial charge in [0.25, 0.3) is 11.7 Å². The van der Waals surface area contributed by atoms with Crippen LogP contribution in [0, 0.1) is 19.7 Å². The molecule has 1 heterocycles. The van der Waals surface area contributed by atoms with Crippen LogP contribution in [-0.4, -0.2) is 27.8 Å². The maximum absolute atomic E-state index is 13.4. The number of ether oxygens (including phenoxy) is 1. The molecule has 0 saturated carbocycles. The molecule has 3 aromatic rings. The van der Waals surface area contributed by atoms with Crippen molar-refractivity contribution in [2.45, 2.75) is 46.4 Å². The number of aliphatic hydroxyl groups is 1. The number of aryl methyl sites for hydroxylation is 2. The van der Waals surface area contributed by atoms with Crippen LogP contribution >= 0.6 is 0 Å². The second-order valence-electron chi connectivity index (χ2n) is 9.11. The number of aliphatic hydroxyl groups excluding tert-OH is 1. The highest BCUT2D eigenvalue weighted by Crippen LogP contribution is 2.41. The minimum atomic E-state index is -0.785. The molecular weight excluding hydrogens is 445 g/mol. The molecule has 35 heavy (non-hydrogen) atoms. The zero-order valence-electron chi connectivity index (χ0n) is 20.2. The molecule has 0 aliphatic carbocycles. The normalized spacial score (nSPS) is 17.3. The van der Waals surface area contributed by atoms with Crippen LogP contribution in [0.2, 0.25) is 0 Å². The van der Waals surface area contributed by atoms with Crippen LogP contribution in [0.25, 0.3) is 5.76 Å². The molecule has 1 unspecified atom stereocenters. The number of halogens is 1. The lowest BCUT2D eigenvalue weighted by Gasteiger charge is -2.26. The van der Waals surface area contributed by atoms with Crippen LogP contribution in [0.15, 0.2) is 72.3 Å². The Balaban J connectivity index is 1.83. The summed E-state index contributed by atoms with van der Waals surface area (Å²) in [6.07, 6.45) is -0.00810. The standard InChI is InChI=1S/C29H28FNO4/c1-17(2)35-24-13-10-22(15-19(24)4)27(32)25-26(21-7-5-6-18(3)14-21)31(29(34)28(25)33)16-20-8-11-23(30)12-9-20/h5-15,17,26,32H,16H2,1-4H3/b27-25-. The first-order valence-corrected chi connectivity index (χ1v) is 11.5. The molecule has 1 amide bonds. The molecule has 1 fully saturated rings. The fourth-order valence-electron chi connectivity index (χ4n) is 4.35. The van der Waals surface area contributed by atoms with Gasteiger partial charge in [-0.1, -0.05) is 42.0 Å². The summed E-state index contributed by atoms with van der Waals surface area (Å²) in [5, 5.41) is 11.3. The highest BCUT2D eigenvalue weighted by Gasteiger charge is 2.46. The molecular formula is C29H28FNO4. The van der Waals surface area contributed by atoms with Gasteiger partial charge in [-0.15, -0.1) is 0 Å². The molecule has 6 heteroatoms. The smallest absolute Gasteiger partial charge is 0.295 e. The second kappa shape index (κ2) is 9.74. The van der Waals surface area contributed by atoms with Crippen molar-refractivity contribution in [3.05, 3.63) is 106 Å². The number of carbonyl (C=O) groups excluding carboxylic acids is 2. The van der Waals surface area contributed by atoms with E-state index in [-0.39, 0.29) is 29.8 Å². The largest absolute Gasteiger partial charge is 0.507 e. The Bertz CT molecular complexity index is 1310. The van der Waals surface area contributed by atoms with Crippen molar-refractivity contribution in [2.75, 3.05) is 0 Å². The van der Waals surface area contributed by atoms with Crippen molar-refractivity contribution in [2.24, 2.45) is 0 Å². The number of hydrogen-bond acceptors (Lipinski definition) is 4. The molecule has 4 rings (SSSR count). The summed E-state index contributed by atoms with van der Waals surface area (Å²) in [5.41, 5.74) is 3.60. The van der Waals surface area contributed by atoms with Gasteiger partial charge in [0.1, 0.15) is 17.3 Å². The minimum Gasteiger partial charge on any atom is -0.507 e. The number of Topliss-reactive ketones (excluding diaryl/α,β-unsaturated/α-hetero) is 1. The average Bonchev–Trinajstić information content (AvgIpc) is 3.06. The van der Waals surface area contributed by atoms with E-state index in [9.17, 15) is 19.1 Å². The number of hydrogen-bond donors (Lipinski definition) is 1. The first-order chi connectivity index (χ1) is 16.7. The Hall–Kier alpha value is -3.93. The SMILES string of the molecule is Cc1cccc(C2/C(=C(/O)c3ccc(OC(C)C)c(C)c3)C(=O)C(=O)N2Cc2ccc(F)cc2)c1. The number of nitrogens with zero attached hydrogens (tertiary/aromatic N) is 1. The van der Waals surface area contributed by atoms with E-state index >= 15 is 0 Å². The summed E-state index contributed by atoms with van der Waals surface area (Å²) >= 11 is 0. The lowest BCUT2D eigenvalue weighted by Crippen LogP contribution is -2.29. The van der Waals surface area contributed by atoms with Crippen LogP contribution < -0.4 is 4.74 Å². The third-order valence-electron chi connectivity index (χ3n) is 5.98. The van der Waals surface area contributed by atoms with Gasteiger partial charge in [-0.2, -0.15) is 0 Å². The maximum atomic E-state index is 13.4. The molecule has 1 saturated heterocycles. The van der Waals surface area contributed by atoms with Gasteiger partial charge < -0.3 is 14.7 Å². The summed E-state index contributed by atoms with van der Waals surface area (Å²) in [4.78, 5) is 27.8. The Morgan fingerprint density at radius 3 is 2.37 bits per heavy atom. The van der Waals surface area contributed by atoms with Gasteiger partial charge in [-0.25, -0.2) is 4.39 Å². The number of likely N-dealkylation sites (tertiary alicyclic amines) is 1. The Morgan fingerprint density at radius 2 is 1.74 bits per heavy atom. The first kappa shape index (κ1) is 24.2. The second-order valence-corrected chi connectivity index (χ2v) is 9.11. The Labute approximate surface area is 204 Å². The molecule has 3 aromatic carbocycles. The number of benzene rings is 3. The number of rotatable bonds is 6. The zero-order chi connectivity index (χ0) is 25.3. The molecule has 1 aliphatic rings. The number of ketones is 1. The van der Waals surface area contributed by atoms with Gasteiger partial charge in [0.2, 0.25) is 0 Å². The van der Waals surface area contributed by atoms with Gasteiger partial charge in [-0.05, 0) is 74.7 Å². The van der Waals surface area contributed by atoms with Gasteiger partial charge in [0, 0.05) is 12.1 Å². The number of carbonyl (C=O) groups is 2. The van der Waals surface area contributed by atoms with E-state index in [2.05, 4.69) is 0 Å². The Morgan fingerprint density at radius 1 is 1.03 bits per heavy atom. The van der Waals surface area contributed by atoms with Crippen LogP contribution in [0.1, 0.15) is 47.7 Å². The molecule has 5 nitrogen and oxygen atoms in total. The van der Waals surface area contributed by atoms with Gasteiger partial charge in [0.05, 0.1) is 17.7 Å². The van der Waals surface area contributed by atoms with E-state index in [1.54, 1.807) is 30.3 Å². The van der Waals surface area contributed by atoms with E-state index in [1.807, 2.05) is 52.0 Å². The summed E-state index contributed by atoms with van der Waals surface area (Å²) < 4.78 is 19.2. The first-order valence-electron chi connectivity index (χ1n) is 11.5. The molecule has 1 aliphatic heterocycles. The van der Waals surface area contributed by atoms with Crippen molar-refractivity contribution in [1.29, 1.82) is 0 Å². The van der Waals surface area contributed by atoms with Crippen LogP contribution in [0.5, 0.6) is 5.75 Å². The maximum Gasteiger partial charge on any atom is 0.295 e. The fraction of sp³-hybridized carbons (Fsp3) is 0.241. The quantitative estimate of drug-likeness (QED) is 0.277. The average molecular weight is 474 g/mol. The fourth-order valence-corrected chi connectivity index (χ4v) is 4.35. The third-order valence-corrected chi connectivity index (χ3v) is 5.98. The molecule has 1 atom stereocenters. The predicted octanol–water partition coefficient (Wildman–Crippen LogP) is 5.85. The van der Waals surface area contributed by atoms with Crippen molar-refractivity contribution in [3.8, 4) is 5.75 Å². The molecule has 0 spiro atoms. The predicted molar refractivity (Wildman–Crippen MR) is 132 cm³/mol. The molecule has 0 bridgehead atoms. The van der Waals surface area contributed by atoms with Crippen molar-refractivity contribution in [1.82, 2.24) is 4.90 Å². The van der Waals surface area contributed by atoms with Crippen molar-refractivity contribution < 1.29 is 23.8 Å². The highest BCUT2D eigenvalue weighted by molar-refractivity contribution is 6.46. The zero-order valence-corrected chi connectivity index (χ0v) is 20.2. The molecule has 1 N–H and O–H groups in total. The molecule has 180 valence electrons. The summed E-state index contributed by atoms with van der Waals surface area (Å²) in [5.74, 6) is -1.40. The highest BCUT2D eigenvalue weighted by atomic mass is 19.1. The third kappa shape index (κ3) is 4.97. The van der Waals surface area contributed by atoms with Crippen LogP contribution in [0.4, 0.5) is 4.39 Å².